The van der Waals surface area contributed by atoms with Crippen LogP contribution in [0.1, 0.15) is 30.3 Å². The molecule has 0 bridgehead atoms. The van der Waals surface area contributed by atoms with Gasteiger partial charge in [-0.05, 0) is 45.1 Å². The Bertz CT molecular complexity index is 954. The molecule has 0 saturated carbocycles. The molecule has 2 aromatic heterocycles. The molecule has 2 aliphatic heterocycles. The van der Waals surface area contributed by atoms with Gasteiger partial charge in [-0.15, -0.1) is 0 Å². The van der Waals surface area contributed by atoms with E-state index in [0.29, 0.717) is 11.8 Å². The fourth-order valence-corrected chi connectivity index (χ4v) is 4.27. The number of aromatic nitrogens is 3. The topological polar surface area (TPSA) is 75.2 Å². The maximum atomic E-state index is 6.31. The summed E-state index contributed by atoms with van der Waals surface area (Å²) in [5.74, 6) is 2.28. The summed E-state index contributed by atoms with van der Waals surface area (Å²) in [6.07, 6.45) is 2.30. The fourth-order valence-electron chi connectivity index (χ4n) is 4.27. The van der Waals surface area contributed by atoms with E-state index < -0.39 is 0 Å². The Morgan fingerprint density at radius 1 is 1.15 bits per heavy atom. The summed E-state index contributed by atoms with van der Waals surface area (Å²) in [7, 11) is 2.19. The summed E-state index contributed by atoms with van der Waals surface area (Å²) in [5.41, 5.74) is 10.4. The van der Waals surface area contributed by atoms with Gasteiger partial charge in [-0.2, -0.15) is 0 Å². The van der Waals surface area contributed by atoms with Crippen LogP contribution in [0.2, 0.25) is 0 Å². The van der Waals surface area contributed by atoms with Gasteiger partial charge in [-0.1, -0.05) is 18.2 Å². The van der Waals surface area contributed by atoms with Crippen molar-refractivity contribution in [2.45, 2.75) is 25.3 Å². The number of aromatic amines is 1. The van der Waals surface area contributed by atoms with Crippen LogP contribution in [0.25, 0.3) is 22.3 Å². The smallest absolute Gasteiger partial charge is 0.145 e. The van der Waals surface area contributed by atoms with Crippen molar-refractivity contribution >= 4 is 16.7 Å². The summed E-state index contributed by atoms with van der Waals surface area (Å²) in [6.45, 7) is 3.85. The lowest BCUT2D eigenvalue weighted by Crippen LogP contribution is -2.32. The average molecular weight is 348 g/mol. The number of imidazole rings is 1. The number of benzene rings is 1. The fraction of sp³-hybridized carbons (Fsp3) is 0.400. The first-order valence-corrected chi connectivity index (χ1v) is 9.38. The third-order valence-corrected chi connectivity index (χ3v) is 5.71. The number of H-pyrrole nitrogens is 1. The van der Waals surface area contributed by atoms with Crippen molar-refractivity contribution in [2.24, 2.45) is 10.7 Å². The van der Waals surface area contributed by atoms with Crippen LogP contribution in [0.3, 0.4) is 0 Å². The molecule has 5 rings (SSSR count). The molecule has 0 radical (unpaired) electrons. The van der Waals surface area contributed by atoms with E-state index in [2.05, 4.69) is 50.8 Å². The molecule has 6 heteroatoms. The number of hydrogen-bond acceptors (Lipinski definition) is 4. The number of nitrogens with zero attached hydrogens (tertiary/aromatic N) is 4. The summed E-state index contributed by atoms with van der Waals surface area (Å²) in [6, 6.07) is 10.5. The zero-order chi connectivity index (χ0) is 17.7. The molecule has 4 heterocycles. The number of hydrogen-bond donors (Lipinski definition) is 2. The predicted molar refractivity (Wildman–Crippen MR) is 105 cm³/mol. The molecule has 2 aliphatic rings. The van der Waals surface area contributed by atoms with Gasteiger partial charge >= 0.3 is 0 Å². The van der Waals surface area contributed by atoms with Crippen molar-refractivity contribution < 1.29 is 0 Å². The number of nitrogens with two attached hydrogens (primary N) is 1. The monoisotopic (exact) mass is 348 g/mol. The van der Waals surface area contributed by atoms with E-state index in [1.54, 1.807) is 0 Å². The molecule has 6 nitrogen and oxygen atoms in total. The van der Waals surface area contributed by atoms with Gasteiger partial charge in [-0.25, -0.2) is 4.98 Å². The molecule has 134 valence electrons. The van der Waals surface area contributed by atoms with E-state index in [1.807, 2.05) is 6.07 Å². The zero-order valence-corrected chi connectivity index (χ0v) is 15.1. The lowest BCUT2D eigenvalue weighted by atomic mass is 9.96. The number of aliphatic imine (C=N–C) groups is 1. The second kappa shape index (κ2) is 5.99. The van der Waals surface area contributed by atoms with E-state index in [9.17, 15) is 0 Å². The number of rotatable bonds is 2. The highest BCUT2D eigenvalue weighted by molar-refractivity contribution is 6.02. The van der Waals surface area contributed by atoms with E-state index in [0.717, 1.165) is 61.6 Å². The number of piperidine rings is 1. The van der Waals surface area contributed by atoms with Crippen molar-refractivity contribution in [3.05, 3.63) is 41.9 Å². The minimum atomic E-state index is 0.494. The van der Waals surface area contributed by atoms with Gasteiger partial charge in [0.1, 0.15) is 23.0 Å². The molecule has 3 aromatic rings. The quantitative estimate of drug-likeness (QED) is 0.747. The molecular formula is C20H24N6. The van der Waals surface area contributed by atoms with Gasteiger partial charge in [-0.3, -0.25) is 4.99 Å². The molecule has 26 heavy (non-hydrogen) atoms. The molecule has 0 aliphatic carbocycles. The van der Waals surface area contributed by atoms with Crippen LogP contribution in [-0.4, -0.2) is 52.0 Å². The largest absolute Gasteiger partial charge is 0.382 e. The standard InChI is InChI=1S/C20H24N6/c1-25-9-6-13(7-10-25)20-24-17(18-19(21)22-8-11-26(18)20)16-12-14-4-2-3-5-15(14)23-16/h2-5,12-13,23H,6-11H2,1H3,(H2,21,22). The van der Waals surface area contributed by atoms with Crippen LogP contribution >= 0.6 is 0 Å². The first-order valence-electron chi connectivity index (χ1n) is 9.38. The first kappa shape index (κ1) is 15.6. The average Bonchev–Trinajstić information content (AvgIpc) is 3.24. The Morgan fingerprint density at radius 3 is 2.77 bits per heavy atom. The number of amidine groups is 1. The number of para-hydroxylation sites is 1. The van der Waals surface area contributed by atoms with Crippen LogP contribution in [0.15, 0.2) is 35.3 Å². The lowest BCUT2D eigenvalue weighted by Gasteiger charge is -2.29. The maximum Gasteiger partial charge on any atom is 0.145 e. The molecule has 0 spiro atoms. The van der Waals surface area contributed by atoms with E-state index >= 15 is 0 Å². The van der Waals surface area contributed by atoms with Gasteiger partial charge in [0, 0.05) is 23.4 Å². The zero-order valence-electron chi connectivity index (χ0n) is 15.1. The molecule has 0 amide bonds. The lowest BCUT2D eigenvalue weighted by molar-refractivity contribution is 0.248. The predicted octanol–water partition coefficient (Wildman–Crippen LogP) is 2.56. The van der Waals surface area contributed by atoms with E-state index in [1.165, 1.54) is 11.2 Å². The minimum Gasteiger partial charge on any atom is -0.382 e. The first-order chi connectivity index (χ1) is 12.7. The van der Waals surface area contributed by atoms with Crippen molar-refractivity contribution in [2.75, 3.05) is 26.7 Å². The van der Waals surface area contributed by atoms with E-state index in [4.69, 9.17) is 10.7 Å². The van der Waals surface area contributed by atoms with Gasteiger partial charge in [0.2, 0.25) is 0 Å². The molecule has 1 saturated heterocycles. The Hall–Kier alpha value is -2.60. The highest BCUT2D eigenvalue weighted by Gasteiger charge is 2.29. The highest BCUT2D eigenvalue weighted by atomic mass is 15.2. The number of fused-ring (bicyclic) bond motifs is 2. The summed E-state index contributed by atoms with van der Waals surface area (Å²) >= 11 is 0. The molecule has 1 aromatic carbocycles. The van der Waals surface area contributed by atoms with Crippen LogP contribution in [0, 0.1) is 0 Å². The van der Waals surface area contributed by atoms with Crippen LogP contribution < -0.4 is 5.73 Å². The second-order valence-corrected chi connectivity index (χ2v) is 7.43. The third kappa shape index (κ3) is 2.44. The van der Waals surface area contributed by atoms with Gasteiger partial charge in [0.05, 0.1) is 12.2 Å². The van der Waals surface area contributed by atoms with Crippen molar-refractivity contribution in [3.63, 3.8) is 0 Å². The Kier molecular flexibility index (Phi) is 3.60. The van der Waals surface area contributed by atoms with E-state index in [-0.39, 0.29) is 0 Å². The Balaban J connectivity index is 1.64. The molecule has 0 unspecified atom stereocenters. The highest BCUT2D eigenvalue weighted by Crippen LogP contribution is 2.34. The van der Waals surface area contributed by atoms with Crippen LogP contribution in [0.4, 0.5) is 0 Å². The normalized spacial score (nSPS) is 18.9. The molecule has 1 fully saturated rings. The number of nitrogens with one attached hydrogen (secondary N) is 1. The molecule has 3 N–H and O–H groups in total. The van der Waals surface area contributed by atoms with Crippen molar-refractivity contribution in [1.82, 2.24) is 19.4 Å². The van der Waals surface area contributed by atoms with Gasteiger partial charge in [0.25, 0.3) is 0 Å². The van der Waals surface area contributed by atoms with Gasteiger partial charge < -0.3 is 20.2 Å². The third-order valence-electron chi connectivity index (χ3n) is 5.71. The van der Waals surface area contributed by atoms with Crippen LogP contribution in [-0.2, 0) is 6.54 Å². The number of likely N-dealkylation sites (tertiary alicyclic amines) is 1. The Morgan fingerprint density at radius 2 is 1.96 bits per heavy atom. The molecular weight excluding hydrogens is 324 g/mol. The maximum absolute atomic E-state index is 6.31. The van der Waals surface area contributed by atoms with Crippen LogP contribution in [0.5, 0.6) is 0 Å². The summed E-state index contributed by atoms with van der Waals surface area (Å²) in [5, 5.41) is 1.19. The Labute approximate surface area is 152 Å². The minimum absolute atomic E-state index is 0.494. The molecule has 0 atom stereocenters. The summed E-state index contributed by atoms with van der Waals surface area (Å²) in [4.78, 5) is 15.5. The SMILES string of the molecule is CN1CCC(c2nc(-c3cc4ccccc4[nH]3)c3n2CCN=C3N)CC1. The van der Waals surface area contributed by atoms with Gasteiger partial charge in [0.15, 0.2) is 0 Å². The van der Waals surface area contributed by atoms with Crippen molar-refractivity contribution in [3.8, 4) is 11.4 Å². The van der Waals surface area contributed by atoms with Crippen molar-refractivity contribution in [1.29, 1.82) is 0 Å². The second-order valence-electron chi connectivity index (χ2n) is 7.43. The summed E-state index contributed by atoms with van der Waals surface area (Å²) < 4.78 is 2.32.